The molecule has 2 aromatic carbocycles. The highest BCUT2D eigenvalue weighted by atomic mass is 35.5. The number of aromatic nitrogens is 2. The van der Waals surface area contributed by atoms with Crippen molar-refractivity contribution in [2.45, 2.75) is 25.6 Å². The van der Waals surface area contributed by atoms with Gasteiger partial charge in [0.05, 0.1) is 34.8 Å². The fraction of sp³-hybridized carbons (Fsp3) is 0.211. The molecule has 1 saturated carbocycles. The fourth-order valence-corrected chi connectivity index (χ4v) is 2.84. The van der Waals surface area contributed by atoms with E-state index in [1.165, 1.54) is 0 Å². The van der Waals surface area contributed by atoms with Crippen LogP contribution in [0.1, 0.15) is 18.5 Å². The lowest BCUT2D eigenvalue weighted by Crippen LogP contribution is -2.01. The number of para-hydroxylation sites is 1. The molecule has 0 amide bonds. The van der Waals surface area contributed by atoms with E-state index in [-0.39, 0.29) is 6.61 Å². The summed E-state index contributed by atoms with van der Waals surface area (Å²) in [5, 5.41) is 14.6. The van der Waals surface area contributed by atoms with Crippen LogP contribution in [-0.2, 0) is 6.61 Å². The number of nitrogens with zero attached hydrogens (tertiary/aromatic N) is 2. The van der Waals surface area contributed by atoms with E-state index in [0.717, 1.165) is 35.5 Å². The van der Waals surface area contributed by atoms with E-state index in [1.54, 1.807) is 4.68 Å². The number of hydrogen-bond acceptors (Lipinski definition) is 3. The van der Waals surface area contributed by atoms with Crippen molar-refractivity contribution in [3.8, 4) is 22.7 Å². The third-order valence-electron chi connectivity index (χ3n) is 3.96. The number of rotatable bonds is 5. The van der Waals surface area contributed by atoms with E-state index < -0.39 is 0 Å². The van der Waals surface area contributed by atoms with Gasteiger partial charge in [-0.05, 0) is 43.2 Å². The standard InChI is InChI=1S/C19H17ClN2O2/c20-17-6-1-2-7-18(17)22-19(11-14(12-23)21-22)13-4-3-5-16(10-13)24-15-8-9-15/h1-7,10-11,15,23H,8-9,12H2. The lowest BCUT2D eigenvalue weighted by Gasteiger charge is -2.11. The zero-order valence-electron chi connectivity index (χ0n) is 13.0. The number of aliphatic hydroxyl groups excluding tert-OH is 1. The van der Waals surface area contributed by atoms with Crippen molar-refractivity contribution >= 4 is 11.6 Å². The Labute approximate surface area is 145 Å². The van der Waals surface area contributed by atoms with Crippen LogP contribution in [0.4, 0.5) is 0 Å². The maximum Gasteiger partial charge on any atom is 0.120 e. The summed E-state index contributed by atoms with van der Waals surface area (Å²) < 4.78 is 7.65. The van der Waals surface area contributed by atoms with Crippen molar-refractivity contribution in [2.24, 2.45) is 0 Å². The lowest BCUT2D eigenvalue weighted by atomic mass is 10.1. The number of hydrogen-bond donors (Lipinski definition) is 1. The maximum atomic E-state index is 9.49. The van der Waals surface area contributed by atoms with Gasteiger partial charge in [0.25, 0.3) is 0 Å². The van der Waals surface area contributed by atoms with Crippen molar-refractivity contribution in [1.82, 2.24) is 9.78 Å². The average Bonchev–Trinajstić information content (AvgIpc) is 3.31. The van der Waals surface area contributed by atoms with Gasteiger partial charge in [-0.2, -0.15) is 5.10 Å². The average molecular weight is 341 g/mol. The minimum absolute atomic E-state index is 0.122. The van der Waals surface area contributed by atoms with E-state index in [1.807, 2.05) is 54.6 Å². The van der Waals surface area contributed by atoms with Gasteiger partial charge < -0.3 is 9.84 Å². The maximum absolute atomic E-state index is 9.49. The molecular formula is C19H17ClN2O2. The molecule has 24 heavy (non-hydrogen) atoms. The SMILES string of the molecule is OCc1cc(-c2cccc(OC3CC3)c2)n(-c2ccccc2Cl)n1. The van der Waals surface area contributed by atoms with Crippen LogP contribution >= 0.6 is 11.6 Å². The molecule has 4 nitrogen and oxygen atoms in total. The predicted molar refractivity (Wildman–Crippen MR) is 93.6 cm³/mol. The van der Waals surface area contributed by atoms with Crippen LogP contribution in [0, 0.1) is 0 Å². The second-order valence-electron chi connectivity index (χ2n) is 5.89. The van der Waals surface area contributed by atoms with E-state index in [2.05, 4.69) is 5.10 Å². The summed E-state index contributed by atoms with van der Waals surface area (Å²) in [6.07, 6.45) is 2.59. The lowest BCUT2D eigenvalue weighted by molar-refractivity contribution is 0.276. The highest BCUT2D eigenvalue weighted by Crippen LogP contribution is 2.32. The fourth-order valence-electron chi connectivity index (χ4n) is 2.63. The van der Waals surface area contributed by atoms with E-state index in [4.69, 9.17) is 16.3 Å². The summed E-state index contributed by atoms with van der Waals surface area (Å²) in [4.78, 5) is 0. The molecule has 0 bridgehead atoms. The molecule has 0 aliphatic heterocycles. The van der Waals surface area contributed by atoms with Crippen LogP contribution in [0.3, 0.4) is 0 Å². The van der Waals surface area contributed by atoms with Gasteiger partial charge in [-0.3, -0.25) is 0 Å². The van der Waals surface area contributed by atoms with Crippen LogP contribution in [0.2, 0.25) is 5.02 Å². The van der Waals surface area contributed by atoms with E-state index in [0.29, 0.717) is 16.8 Å². The molecule has 1 heterocycles. The summed E-state index contributed by atoms with van der Waals surface area (Å²) in [5.41, 5.74) is 3.22. The highest BCUT2D eigenvalue weighted by Gasteiger charge is 2.23. The second kappa shape index (κ2) is 6.30. The van der Waals surface area contributed by atoms with Gasteiger partial charge in [0, 0.05) is 5.56 Å². The van der Waals surface area contributed by atoms with Gasteiger partial charge >= 0.3 is 0 Å². The predicted octanol–water partition coefficient (Wildman–Crippen LogP) is 4.23. The molecule has 1 aliphatic carbocycles. The summed E-state index contributed by atoms with van der Waals surface area (Å²) in [6, 6.07) is 17.3. The third kappa shape index (κ3) is 3.03. The Balaban J connectivity index is 1.80. The minimum atomic E-state index is -0.122. The van der Waals surface area contributed by atoms with Crippen LogP contribution in [0.5, 0.6) is 5.75 Å². The van der Waals surface area contributed by atoms with Crippen molar-refractivity contribution in [3.63, 3.8) is 0 Å². The summed E-state index contributed by atoms with van der Waals surface area (Å²) >= 11 is 6.33. The molecular weight excluding hydrogens is 324 g/mol. The molecule has 0 saturated heterocycles. The topological polar surface area (TPSA) is 47.3 Å². The van der Waals surface area contributed by atoms with Crippen molar-refractivity contribution in [2.75, 3.05) is 0 Å². The second-order valence-corrected chi connectivity index (χ2v) is 6.29. The molecule has 1 aromatic heterocycles. The van der Waals surface area contributed by atoms with Crippen LogP contribution in [0.15, 0.2) is 54.6 Å². The molecule has 4 rings (SSSR count). The van der Waals surface area contributed by atoms with Gasteiger partial charge in [-0.1, -0.05) is 35.9 Å². The Morgan fingerprint density at radius 3 is 2.71 bits per heavy atom. The number of ether oxygens (including phenoxy) is 1. The van der Waals surface area contributed by atoms with Gasteiger partial charge in [0.15, 0.2) is 0 Å². The first-order chi connectivity index (χ1) is 11.7. The van der Waals surface area contributed by atoms with Crippen molar-refractivity contribution < 1.29 is 9.84 Å². The molecule has 1 fully saturated rings. The summed E-state index contributed by atoms with van der Waals surface area (Å²) in [6.45, 7) is -0.122. The minimum Gasteiger partial charge on any atom is -0.490 e. The first-order valence-corrected chi connectivity index (χ1v) is 8.34. The highest BCUT2D eigenvalue weighted by molar-refractivity contribution is 6.32. The van der Waals surface area contributed by atoms with Gasteiger partial charge in [0.2, 0.25) is 0 Å². The van der Waals surface area contributed by atoms with Crippen LogP contribution < -0.4 is 4.74 Å². The monoisotopic (exact) mass is 340 g/mol. The third-order valence-corrected chi connectivity index (χ3v) is 4.28. The van der Waals surface area contributed by atoms with Gasteiger partial charge in [-0.15, -0.1) is 0 Å². The number of halogens is 1. The molecule has 0 spiro atoms. The molecule has 3 aromatic rings. The molecule has 5 heteroatoms. The van der Waals surface area contributed by atoms with Crippen LogP contribution in [0.25, 0.3) is 16.9 Å². The summed E-state index contributed by atoms with van der Waals surface area (Å²) in [5.74, 6) is 0.854. The van der Waals surface area contributed by atoms with E-state index >= 15 is 0 Å². The van der Waals surface area contributed by atoms with E-state index in [9.17, 15) is 5.11 Å². The number of benzene rings is 2. The molecule has 0 unspecified atom stereocenters. The smallest absolute Gasteiger partial charge is 0.120 e. The van der Waals surface area contributed by atoms with Crippen molar-refractivity contribution in [1.29, 1.82) is 0 Å². The molecule has 0 radical (unpaired) electrons. The van der Waals surface area contributed by atoms with Crippen LogP contribution in [-0.4, -0.2) is 21.0 Å². The molecule has 0 atom stereocenters. The number of aliphatic hydroxyl groups is 1. The van der Waals surface area contributed by atoms with Crippen molar-refractivity contribution in [3.05, 3.63) is 65.3 Å². The normalized spacial score (nSPS) is 13.9. The zero-order chi connectivity index (χ0) is 16.5. The van der Waals surface area contributed by atoms with Gasteiger partial charge in [-0.25, -0.2) is 4.68 Å². The Bertz CT molecular complexity index is 871. The summed E-state index contributed by atoms with van der Waals surface area (Å²) in [7, 11) is 0. The molecule has 122 valence electrons. The first-order valence-electron chi connectivity index (χ1n) is 7.96. The first kappa shape index (κ1) is 15.2. The Morgan fingerprint density at radius 1 is 1.12 bits per heavy atom. The Hall–Kier alpha value is -2.30. The largest absolute Gasteiger partial charge is 0.490 e. The Morgan fingerprint density at radius 2 is 1.96 bits per heavy atom. The molecule has 1 N–H and O–H groups in total. The Kier molecular flexibility index (Phi) is 4.00. The molecule has 1 aliphatic rings. The quantitative estimate of drug-likeness (QED) is 0.756. The zero-order valence-corrected chi connectivity index (χ0v) is 13.8. The van der Waals surface area contributed by atoms with Gasteiger partial charge in [0.1, 0.15) is 5.75 Å².